The monoisotopic (exact) mass is 440 g/mol. The number of carbonyl (C=O) groups is 3. The summed E-state index contributed by atoms with van der Waals surface area (Å²) >= 11 is 2.89. The molecule has 1 amide bonds. The van der Waals surface area contributed by atoms with Crippen molar-refractivity contribution in [2.24, 2.45) is 0 Å². The Bertz CT molecular complexity index is 719. The molecule has 2 heterocycles. The number of unbranched alkanes of at least 4 members (excludes halogenated alkanes) is 2. The minimum atomic E-state index is -0.420. The lowest BCUT2D eigenvalue weighted by Crippen LogP contribution is -2.33. The van der Waals surface area contributed by atoms with Crippen molar-refractivity contribution >= 4 is 40.8 Å². The van der Waals surface area contributed by atoms with Gasteiger partial charge in [0, 0.05) is 37.1 Å². The number of allylic oxidation sites excluding steroid dienone is 1. The van der Waals surface area contributed by atoms with Crippen molar-refractivity contribution in [3.05, 3.63) is 23.2 Å². The molecule has 0 spiro atoms. The van der Waals surface area contributed by atoms with Crippen LogP contribution in [-0.4, -0.2) is 64.2 Å². The van der Waals surface area contributed by atoms with Crippen LogP contribution in [0.3, 0.4) is 0 Å². The molecule has 1 aliphatic rings. The Kier molecular flexibility index (Phi) is 10.4. The summed E-state index contributed by atoms with van der Waals surface area (Å²) in [5.74, 6) is 0.408. The first-order valence-electron chi connectivity index (χ1n) is 9.92. The van der Waals surface area contributed by atoms with E-state index in [9.17, 15) is 14.4 Å². The maximum absolute atomic E-state index is 12.2. The SMILES string of the molecule is CCOC(=O)c1csc(SCCN2C(=O)CC[C@@H]2/C=C/C(=O)CCCCCO)n1. The number of aliphatic hydroxyl groups is 1. The summed E-state index contributed by atoms with van der Waals surface area (Å²) in [5.41, 5.74) is 0.315. The number of rotatable bonds is 13. The summed E-state index contributed by atoms with van der Waals surface area (Å²) in [6.07, 6.45) is 7.46. The number of nitrogens with zero attached hydrogens (tertiary/aromatic N) is 2. The summed E-state index contributed by atoms with van der Waals surface area (Å²) in [4.78, 5) is 41.9. The summed E-state index contributed by atoms with van der Waals surface area (Å²) in [5, 5.41) is 10.4. The molecule has 0 aromatic carbocycles. The van der Waals surface area contributed by atoms with E-state index in [0.717, 1.165) is 30.0 Å². The van der Waals surface area contributed by atoms with E-state index >= 15 is 0 Å². The molecule has 0 saturated carbocycles. The number of ketones is 1. The van der Waals surface area contributed by atoms with Crippen LogP contribution in [0.2, 0.25) is 0 Å². The summed E-state index contributed by atoms with van der Waals surface area (Å²) < 4.78 is 5.70. The number of amides is 1. The lowest BCUT2D eigenvalue weighted by Gasteiger charge is -2.21. The van der Waals surface area contributed by atoms with Crippen LogP contribution in [0.25, 0.3) is 0 Å². The van der Waals surface area contributed by atoms with Gasteiger partial charge in [-0.3, -0.25) is 9.59 Å². The van der Waals surface area contributed by atoms with Gasteiger partial charge in [0.1, 0.15) is 0 Å². The maximum atomic E-state index is 12.2. The first kappa shape index (κ1) is 23.6. The number of carbonyl (C=O) groups excluding carboxylic acids is 3. The van der Waals surface area contributed by atoms with Gasteiger partial charge in [0.15, 0.2) is 15.8 Å². The van der Waals surface area contributed by atoms with Gasteiger partial charge < -0.3 is 14.7 Å². The Morgan fingerprint density at radius 3 is 3.00 bits per heavy atom. The normalized spacial score (nSPS) is 16.7. The van der Waals surface area contributed by atoms with Crippen LogP contribution >= 0.6 is 23.1 Å². The van der Waals surface area contributed by atoms with E-state index in [1.165, 1.54) is 23.1 Å². The van der Waals surface area contributed by atoms with Gasteiger partial charge in [0.25, 0.3) is 0 Å². The number of ether oxygens (including phenoxy) is 1. The average Bonchev–Trinajstić information content (AvgIpc) is 3.31. The number of aliphatic hydroxyl groups excluding tert-OH is 1. The summed E-state index contributed by atoms with van der Waals surface area (Å²) in [6.45, 7) is 2.79. The van der Waals surface area contributed by atoms with Gasteiger partial charge in [-0.15, -0.1) is 11.3 Å². The molecule has 1 aromatic heterocycles. The molecule has 0 bridgehead atoms. The average molecular weight is 441 g/mol. The highest BCUT2D eigenvalue weighted by atomic mass is 32.2. The largest absolute Gasteiger partial charge is 0.461 e. The van der Waals surface area contributed by atoms with Crippen LogP contribution in [0.1, 0.15) is 55.9 Å². The lowest BCUT2D eigenvalue weighted by atomic mass is 10.1. The number of esters is 1. The topological polar surface area (TPSA) is 96.8 Å². The molecule has 9 heteroatoms. The highest BCUT2D eigenvalue weighted by molar-refractivity contribution is 8.01. The fraction of sp³-hybridized carbons (Fsp3) is 0.600. The zero-order chi connectivity index (χ0) is 21.1. The van der Waals surface area contributed by atoms with Gasteiger partial charge in [0.05, 0.1) is 12.6 Å². The van der Waals surface area contributed by atoms with Crippen LogP contribution in [0.4, 0.5) is 0 Å². The molecule has 0 aliphatic carbocycles. The Balaban J connectivity index is 1.78. The highest BCUT2D eigenvalue weighted by Crippen LogP contribution is 2.25. The van der Waals surface area contributed by atoms with Gasteiger partial charge in [0.2, 0.25) is 5.91 Å². The first-order chi connectivity index (χ1) is 14.0. The molecule has 0 unspecified atom stereocenters. The highest BCUT2D eigenvalue weighted by Gasteiger charge is 2.28. The Hall–Kier alpha value is -1.71. The van der Waals surface area contributed by atoms with Gasteiger partial charge in [-0.05, 0) is 32.3 Å². The second-order valence-corrected chi connectivity index (χ2v) is 8.82. The third kappa shape index (κ3) is 7.91. The molecule has 1 N–H and O–H groups in total. The smallest absolute Gasteiger partial charge is 0.357 e. The zero-order valence-electron chi connectivity index (χ0n) is 16.7. The van der Waals surface area contributed by atoms with Crippen molar-refractivity contribution in [2.45, 2.75) is 55.8 Å². The van der Waals surface area contributed by atoms with Crippen molar-refractivity contribution < 1.29 is 24.2 Å². The number of thioether (sulfide) groups is 1. The number of aromatic nitrogens is 1. The molecule has 1 aromatic rings. The Morgan fingerprint density at radius 2 is 2.24 bits per heavy atom. The number of thiazole rings is 1. The van der Waals surface area contributed by atoms with E-state index < -0.39 is 5.97 Å². The fourth-order valence-electron chi connectivity index (χ4n) is 2.99. The molecular formula is C20H28N2O5S2. The van der Waals surface area contributed by atoms with Crippen LogP contribution in [0.5, 0.6) is 0 Å². The van der Waals surface area contributed by atoms with Crippen molar-refractivity contribution in [3.63, 3.8) is 0 Å². The van der Waals surface area contributed by atoms with Crippen LogP contribution in [-0.2, 0) is 14.3 Å². The zero-order valence-corrected chi connectivity index (χ0v) is 18.3. The molecule has 160 valence electrons. The maximum Gasteiger partial charge on any atom is 0.357 e. The van der Waals surface area contributed by atoms with E-state index in [2.05, 4.69) is 4.98 Å². The minimum absolute atomic E-state index is 0.0455. The molecule has 0 radical (unpaired) electrons. The molecule has 1 aliphatic heterocycles. The molecule has 1 atom stereocenters. The summed E-state index contributed by atoms with van der Waals surface area (Å²) in [6, 6.07) is -0.0455. The van der Waals surface area contributed by atoms with E-state index in [0.29, 0.717) is 37.4 Å². The molecule has 1 fully saturated rings. The van der Waals surface area contributed by atoms with Crippen molar-refractivity contribution in [3.8, 4) is 0 Å². The Labute approximate surface area is 179 Å². The van der Waals surface area contributed by atoms with E-state index in [1.54, 1.807) is 18.4 Å². The molecular weight excluding hydrogens is 412 g/mol. The number of hydrogen-bond acceptors (Lipinski definition) is 8. The van der Waals surface area contributed by atoms with Crippen molar-refractivity contribution in [1.82, 2.24) is 9.88 Å². The molecule has 2 rings (SSSR count). The van der Waals surface area contributed by atoms with Crippen LogP contribution < -0.4 is 0 Å². The number of likely N-dealkylation sites (tertiary alicyclic amines) is 1. The first-order valence-corrected chi connectivity index (χ1v) is 11.8. The molecule has 1 saturated heterocycles. The third-order valence-electron chi connectivity index (χ3n) is 4.49. The third-order valence-corrected chi connectivity index (χ3v) is 6.49. The van der Waals surface area contributed by atoms with E-state index in [1.807, 2.05) is 11.0 Å². The predicted octanol–water partition coefficient (Wildman–Crippen LogP) is 3.08. The van der Waals surface area contributed by atoms with Crippen LogP contribution in [0, 0.1) is 0 Å². The van der Waals surface area contributed by atoms with Gasteiger partial charge in [-0.25, -0.2) is 9.78 Å². The quantitative estimate of drug-likeness (QED) is 0.218. The lowest BCUT2D eigenvalue weighted by molar-refractivity contribution is -0.128. The van der Waals surface area contributed by atoms with E-state index in [4.69, 9.17) is 9.84 Å². The number of hydrogen-bond donors (Lipinski definition) is 1. The Morgan fingerprint density at radius 1 is 1.41 bits per heavy atom. The van der Waals surface area contributed by atoms with Crippen molar-refractivity contribution in [1.29, 1.82) is 0 Å². The van der Waals surface area contributed by atoms with E-state index in [-0.39, 0.29) is 24.3 Å². The molecule has 29 heavy (non-hydrogen) atoms. The predicted molar refractivity (Wildman–Crippen MR) is 113 cm³/mol. The standard InChI is InChI=1S/C20H28N2O5S2/c1-2-27-19(26)17-14-29-20(21-17)28-13-11-22-15(8-10-18(22)25)7-9-16(24)6-4-3-5-12-23/h7,9,14-15,23H,2-6,8,10-13H2,1H3/b9-7+/t15-/m0/s1. The summed E-state index contributed by atoms with van der Waals surface area (Å²) in [7, 11) is 0. The van der Waals surface area contributed by atoms with Gasteiger partial charge in [-0.2, -0.15) is 0 Å². The van der Waals surface area contributed by atoms with Crippen molar-refractivity contribution in [2.75, 3.05) is 25.5 Å². The molecule has 7 nitrogen and oxygen atoms in total. The fourth-order valence-corrected chi connectivity index (χ4v) is 4.79. The second-order valence-electron chi connectivity index (χ2n) is 6.62. The van der Waals surface area contributed by atoms with Crippen LogP contribution in [0.15, 0.2) is 21.9 Å². The van der Waals surface area contributed by atoms with Gasteiger partial charge in [-0.1, -0.05) is 24.3 Å². The minimum Gasteiger partial charge on any atom is -0.461 e. The second kappa shape index (κ2) is 12.8. The van der Waals surface area contributed by atoms with Gasteiger partial charge >= 0.3 is 5.97 Å².